The van der Waals surface area contributed by atoms with E-state index in [1.165, 1.54) is 0 Å². The molecule has 2 aliphatic heterocycles. The third-order valence-electron chi connectivity index (χ3n) is 2.88. The van der Waals surface area contributed by atoms with E-state index in [-0.39, 0.29) is 10.8 Å². The minimum atomic E-state index is -0.596. The zero-order valence-electron chi connectivity index (χ0n) is 9.78. The van der Waals surface area contributed by atoms with Gasteiger partial charge >= 0.3 is 6.16 Å². The summed E-state index contributed by atoms with van der Waals surface area (Å²) in [7, 11) is 0. The first-order valence-electron chi connectivity index (χ1n) is 5.47. The molecule has 0 atom stereocenters. The molecule has 0 bridgehead atoms. The van der Waals surface area contributed by atoms with E-state index < -0.39 is 6.16 Å². The van der Waals surface area contributed by atoms with Crippen molar-refractivity contribution in [2.24, 2.45) is 10.8 Å². The standard InChI is InChI=1S/C11H18O5/c1-10(3-13-4-10)7-15-9(12)16-8-11(2)5-14-6-11/h3-8H2,1-2H3. The second-order valence-electron chi connectivity index (χ2n) is 5.43. The monoisotopic (exact) mass is 230 g/mol. The van der Waals surface area contributed by atoms with E-state index in [4.69, 9.17) is 18.9 Å². The molecule has 0 aromatic carbocycles. The Morgan fingerprint density at radius 3 is 1.62 bits per heavy atom. The fourth-order valence-electron chi connectivity index (χ4n) is 1.58. The van der Waals surface area contributed by atoms with Crippen LogP contribution in [0.25, 0.3) is 0 Å². The molecular formula is C11H18O5. The highest BCUT2D eigenvalue weighted by molar-refractivity contribution is 5.59. The van der Waals surface area contributed by atoms with Crippen molar-refractivity contribution < 1.29 is 23.7 Å². The highest BCUT2D eigenvalue weighted by Gasteiger charge is 2.37. The van der Waals surface area contributed by atoms with Gasteiger partial charge in [0.15, 0.2) is 0 Å². The zero-order valence-corrected chi connectivity index (χ0v) is 9.78. The van der Waals surface area contributed by atoms with Gasteiger partial charge in [-0.05, 0) is 0 Å². The maximum Gasteiger partial charge on any atom is 0.508 e. The largest absolute Gasteiger partial charge is 0.508 e. The first-order valence-corrected chi connectivity index (χ1v) is 5.47. The van der Waals surface area contributed by atoms with Crippen molar-refractivity contribution in [1.82, 2.24) is 0 Å². The molecule has 2 saturated heterocycles. The Kier molecular flexibility index (Phi) is 3.08. The summed E-state index contributed by atoms with van der Waals surface area (Å²) < 4.78 is 20.2. The van der Waals surface area contributed by atoms with E-state index in [1.807, 2.05) is 13.8 Å². The van der Waals surface area contributed by atoms with Gasteiger partial charge in [0.25, 0.3) is 0 Å². The normalized spacial score (nSPS) is 25.1. The Labute approximate surface area is 95.0 Å². The van der Waals surface area contributed by atoms with Crippen molar-refractivity contribution in [3.8, 4) is 0 Å². The molecule has 2 aliphatic rings. The van der Waals surface area contributed by atoms with E-state index in [1.54, 1.807) is 0 Å². The predicted octanol–water partition coefficient (Wildman–Crippen LogP) is 1.21. The molecule has 0 saturated carbocycles. The summed E-state index contributed by atoms with van der Waals surface area (Å²) in [5.41, 5.74) is -0.0506. The van der Waals surface area contributed by atoms with E-state index in [2.05, 4.69) is 0 Å². The van der Waals surface area contributed by atoms with Gasteiger partial charge in [0.05, 0.1) is 26.4 Å². The highest BCUT2D eigenvalue weighted by atomic mass is 16.7. The van der Waals surface area contributed by atoms with Crippen molar-refractivity contribution in [3.63, 3.8) is 0 Å². The second-order valence-corrected chi connectivity index (χ2v) is 5.43. The van der Waals surface area contributed by atoms with Gasteiger partial charge in [0.1, 0.15) is 13.2 Å². The summed E-state index contributed by atoms with van der Waals surface area (Å²) in [6.07, 6.45) is -0.596. The molecule has 0 spiro atoms. The Morgan fingerprint density at radius 2 is 1.38 bits per heavy atom. The lowest BCUT2D eigenvalue weighted by atomic mass is 9.90. The lowest BCUT2D eigenvalue weighted by Gasteiger charge is -2.38. The van der Waals surface area contributed by atoms with Crippen molar-refractivity contribution in [2.45, 2.75) is 13.8 Å². The van der Waals surface area contributed by atoms with Gasteiger partial charge in [0, 0.05) is 10.8 Å². The molecule has 0 N–H and O–H groups in total. The maximum atomic E-state index is 11.3. The van der Waals surface area contributed by atoms with E-state index >= 15 is 0 Å². The third-order valence-corrected chi connectivity index (χ3v) is 2.88. The molecular weight excluding hydrogens is 212 g/mol. The molecule has 2 fully saturated rings. The van der Waals surface area contributed by atoms with Crippen LogP contribution in [0.1, 0.15) is 13.8 Å². The predicted molar refractivity (Wildman–Crippen MR) is 55.2 cm³/mol. The van der Waals surface area contributed by atoms with Gasteiger partial charge in [-0.25, -0.2) is 4.79 Å². The molecule has 0 aliphatic carbocycles. The van der Waals surface area contributed by atoms with Gasteiger partial charge < -0.3 is 18.9 Å². The number of ether oxygens (including phenoxy) is 4. The molecule has 2 rings (SSSR count). The second kappa shape index (κ2) is 4.22. The third kappa shape index (κ3) is 2.65. The molecule has 0 aromatic rings. The number of carbonyl (C=O) groups is 1. The van der Waals surface area contributed by atoms with Crippen LogP contribution in [0.3, 0.4) is 0 Å². The van der Waals surface area contributed by atoms with E-state index in [0.29, 0.717) is 39.6 Å². The minimum absolute atomic E-state index is 0.0253. The SMILES string of the molecule is CC1(COC(=O)OCC2(C)COC2)COC1. The van der Waals surface area contributed by atoms with Crippen LogP contribution in [0.15, 0.2) is 0 Å². The van der Waals surface area contributed by atoms with Gasteiger partial charge in [-0.2, -0.15) is 0 Å². The Balaban J connectivity index is 1.61. The number of hydrogen-bond donors (Lipinski definition) is 0. The lowest BCUT2D eigenvalue weighted by Crippen LogP contribution is -2.45. The fraction of sp³-hybridized carbons (Fsp3) is 0.909. The number of carbonyl (C=O) groups excluding carboxylic acids is 1. The van der Waals surface area contributed by atoms with Gasteiger partial charge in [-0.1, -0.05) is 13.8 Å². The summed E-state index contributed by atoms with van der Waals surface area (Å²) >= 11 is 0. The molecule has 0 unspecified atom stereocenters. The summed E-state index contributed by atoms with van der Waals surface area (Å²) in [4.78, 5) is 11.3. The quantitative estimate of drug-likeness (QED) is 0.679. The maximum absolute atomic E-state index is 11.3. The van der Waals surface area contributed by atoms with E-state index in [9.17, 15) is 4.79 Å². The topological polar surface area (TPSA) is 54.0 Å². The Hall–Kier alpha value is -0.810. The average Bonchev–Trinajstić information content (AvgIpc) is 2.18. The summed E-state index contributed by atoms with van der Waals surface area (Å²) in [6.45, 7) is 7.34. The average molecular weight is 230 g/mol. The van der Waals surface area contributed by atoms with Gasteiger partial charge in [0.2, 0.25) is 0 Å². The van der Waals surface area contributed by atoms with Crippen molar-refractivity contribution in [1.29, 1.82) is 0 Å². The zero-order chi connectivity index (χ0) is 11.6. The van der Waals surface area contributed by atoms with Gasteiger partial charge in [-0.3, -0.25) is 0 Å². The van der Waals surface area contributed by atoms with Crippen LogP contribution in [0.2, 0.25) is 0 Å². The van der Waals surface area contributed by atoms with Crippen molar-refractivity contribution in [2.75, 3.05) is 39.6 Å². The number of hydrogen-bond acceptors (Lipinski definition) is 5. The minimum Gasteiger partial charge on any atom is -0.434 e. The fourth-order valence-corrected chi connectivity index (χ4v) is 1.58. The van der Waals surface area contributed by atoms with Crippen LogP contribution in [0.5, 0.6) is 0 Å². The first kappa shape index (κ1) is 11.7. The molecule has 2 heterocycles. The highest BCUT2D eigenvalue weighted by Crippen LogP contribution is 2.28. The van der Waals surface area contributed by atoms with Crippen LogP contribution in [-0.4, -0.2) is 45.8 Å². The molecule has 92 valence electrons. The van der Waals surface area contributed by atoms with Crippen LogP contribution in [-0.2, 0) is 18.9 Å². The van der Waals surface area contributed by atoms with E-state index in [0.717, 1.165) is 0 Å². The van der Waals surface area contributed by atoms with Gasteiger partial charge in [-0.15, -0.1) is 0 Å². The molecule has 5 nitrogen and oxygen atoms in total. The summed E-state index contributed by atoms with van der Waals surface area (Å²) in [5, 5.41) is 0. The first-order chi connectivity index (χ1) is 7.52. The van der Waals surface area contributed by atoms with Crippen LogP contribution < -0.4 is 0 Å². The molecule has 0 aromatic heterocycles. The summed E-state index contributed by atoms with van der Waals surface area (Å²) in [5.74, 6) is 0. The van der Waals surface area contributed by atoms with Crippen LogP contribution >= 0.6 is 0 Å². The smallest absolute Gasteiger partial charge is 0.434 e. The Bertz CT molecular complexity index is 242. The summed E-state index contributed by atoms with van der Waals surface area (Å²) in [6, 6.07) is 0. The van der Waals surface area contributed by atoms with Crippen molar-refractivity contribution in [3.05, 3.63) is 0 Å². The van der Waals surface area contributed by atoms with Crippen LogP contribution in [0.4, 0.5) is 4.79 Å². The molecule has 16 heavy (non-hydrogen) atoms. The van der Waals surface area contributed by atoms with Crippen molar-refractivity contribution >= 4 is 6.16 Å². The molecule has 5 heteroatoms. The van der Waals surface area contributed by atoms with Crippen LogP contribution in [0, 0.1) is 10.8 Å². The molecule has 0 amide bonds. The molecule has 0 radical (unpaired) electrons. The Morgan fingerprint density at radius 1 is 1.00 bits per heavy atom. The number of rotatable bonds is 4. The lowest BCUT2D eigenvalue weighted by molar-refractivity contribution is -0.145.